The van der Waals surface area contributed by atoms with E-state index in [0.29, 0.717) is 28.5 Å². The molecule has 1 aromatic heterocycles. The Bertz CT molecular complexity index is 1030. The van der Waals surface area contributed by atoms with Crippen LogP contribution < -0.4 is 14.8 Å². The van der Waals surface area contributed by atoms with Gasteiger partial charge in [-0.05, 0) is 56.2 Å². The zero-order chi connectivity index (χ0) is 23.0. The minimum absolute atomic E-state index is 0.0404. The van der Waals surface area contributed by atoms with Crippen LogP contribution in [0.2, 0.25) is 0 Å². The van der Waals surface area contributed by atoms with E-state index in [1.54, 1.807) is 7.11 Å². The number of amides is 1. The third kappa shape index (κ3) is 6.07. The fourth-order valence-electron chi connectivity index (χ4n) is 4.02. The second-order valence-electron chi connectivity index (χ2n) is 8.14. The summed E-state index contributed by atoms with van der Waals surface area (Å²) in [4.78, 5) is 12.5. The van der Waals surface area contributed by atoms with Gasteiger partial charge in [-0.25, -0.2) is 0 Å². The highest BCUT2D eigenvalue weighted by molar-refractivity contribution is 7.99. The van der Waals surface area contributed by atoms with Crippen molar-refractivity contribution in [3.05, 3.63) is 60.4 Å². The van der Waals surface area contributed by atoms with E-state index < -0.39 is 0 Å². The number of rotatable bonds is 9. The van der Waals surface area contributed by atoms with Crippen LogP contribution in [0.5, 0.6) is 11.5 Å². The highest BCUT2D eigenvalue weighted by Crippen LogP contribution is 2.28. The Hall–Kier alpha value is -3.00. The van der Waals surface area contributed by atoms with Crippen molar-refractivity contribution in [2.24, 2.45) is 0 Å². The standard InChI is InChI=1S/C25H30N4O3S/c1-18(32-22-15-13-21(31-2)14-16-22)24-27-28-25(29(24)20-11-7-4-8-12-20)33-17-23(30)26-19-9-5-3-6-10-19/h4,7-8,11-16,18-19H,3,5-6,9-10,17H2,1-2H3,(H,26,30). The van der Waals surface area contributed by atoms with Crippen molar-refractivity contribution < 1.29 is 14.3 Å². The number of nitrogens with zero attached hydrogens (tertiary/aromatic N) is 3. The third-order valence-electron chi connectivity index (χ3n) is 5.71. The molecule has 1 amide bonds. The molecule has 7 nitrogen and oxygen atoms in total. The van der Waals surface area contributed by atoms with Crippen LogP contribution in [0.15, 0.2) is 59.8 Å². The van der Waals surface area contributed by atoms with Gasteiger partial charge in [0.2, 0.25) is 5.91 Å². The third-order valence-corrected chi connectivity index (χ3v) is 6.64. The van der Waals surface area contributed by atoms with Crippen molar-refractivity contribution in [2.75, 3.05) is 12.9 Å². The van der Waals surface area contributed by atoms with Crippen molar-refractivity contribution >= 4 is 17.7 Å². The van der Waals surface area contributed by atoms with E-state index in [1.807, 2.05) is 66.1 Å². The predicted octanol–water partition coefficient (Wildman–Crippen LogP) is 4.96. The summed E-state index contributed by atoms with van der Waals surface area (Å²) in [5, 5.41) is 12.7. The van der Waals surface area contributed by atoms with Crippen molar-refractivity contribution in [3.8, 4) is 17.2 Å². The van der Waals surface area contributed by atoms with E-state index in [9.17, 15) is 4.79 Å². The number of aromatic nitrogens is 3. The van der Waals surface area contributed by atoms with Crippen LogP contribution in [0, 0.1) is 0 Å². The minimum atomic E-state index is -0.350. The molecule has 1 heterocycles. The van der Waals surface area contributed by atoms with E-state index in [4.69, 9.17) is 9.47 Å². The summed E-state index contributed by atoms with van der Waals surface area (Å²) in [7, 11) is 1.63. The van der Waals surface area contributed by atoms with Gasteiger partial charge in [-0.15, -0.1) is 10.2 Å². The van der Waals surface area contributed by atoms with Gasteiger partial charge in [-0.1, -0.05) is 49.2 Å². The summed E-state index contributed by atoms with van der Waals surface area (Å²) in [5.74, 6) is 2.50. The molecule has 0 saturated heterocycles. The van der Waals surface area contributed by atoms with Crippen LogP contribution in [0.3, 0.4) is 0 Å². The van der Waals surface area contributed by atoms with Crippen LogP contribution >= 0.6 is 11.8 Å². The largest absolute Gasteiger partial charge is 0.497 e. The number of carbonyl (C=O) groups excluding carboxylic acids is 1. The monoisotopic (exact) mass is 466 g/mol. The molecule has 33 heavy (non-hydrogen) atoms. The van der Waals surface area contributed by atoms with E-state index in [0.717, 1.165) is 24.3 Å². The Morgan fingerprint density at radius 3 is 2.45 bits per heavy atom. The van der Waals surface area contributed by atoms with Crippen LogP contribution in [-0.2, 0) is 4.79 Å². The number of ether oxygens (including phenoxy) is 2. The smallest absolute Gasteiger partial charge is 0.230 e. The van der Waals surface area contributed by atoms with Crippen molar-refractivity contribution in [2.45, 2.75) is 56.3 Å². The average Bonchev–Trinajstić information content (AvgIpc) is 3.28. The maximum atomic E-state index is 12.5. The SMILES string of the molecule is COc1ccc(OC(C)c2nnc(SCC(=O)NC3CCCCC3)n2-c2ccccc2)cc1. The summed E-state index contributed by atoms with van der Waals surface area (Å²) in [6.45, 7) is 1.94. The van der Waals surface area contributed by atoms with Gasteiger partial charge in [-0.2, -0.15) is 0 Å². The molecule has 4 rings (SSSR count). The number of hydrogen-bond donors (Lipinski definition) is 1. The normalized spacial score (nSPS) is 15.1. The van der Waals surface area contributed by atoms with Crippen LogP contribution in [0.4, 0.5) is 0 Å². The highest BCUT2D eigenvalue weighted by Gasteiger charge is 2.22. The lowest BCUT2D eigenvalue weighted by molar-refractivity contribution is -0.119. The molecule has 8 heteroatoms. The lowest BCUT2D eigenvalue weighted by Gasteiger charge is -2.22. The van der Waals surface area contributed by atoms with Gasteiger partial charge in [0.25, 0.3) is 0 Å². The molecule has 1 aliphatic carbocycles. The molecular weight excluding hydrogens is 436 g/mol. The fraction of sp³-hybridized carbons (Fsp3) is 0.400. The molecule has 0 radical (unpaired) electrons. The fourth-order valence-corrected chi connectivity index (χ4v) is 4.79. The first-order chi connectivity index (χ1) is 16.1. The number of nitrogens with one attached hydrogen (secondary N) is 1. The Labute approximate surface area is 198 Å². The summed E-state index contributed by atoms with van der Waals surface area (Å²) in [6, 6.07) is 17.6. The van der Waals surface area contributed by atoms with Crippen LogP contribution in [0.25, 0.3) is 5.69 Å². The molecule has 1 unspecified atom stereocenters. The highest BCUT2D eigenvalue weighted by atomic mass is 32.2. The summed E-state index contributed by atoms with van der Waals surface area (Å²) >= 11 is 1.39. The Morgan fingerprint density at radius 2 is 1.76 bits per heavy atom. The second kappa shape index (κ2) is 11.2. The van der Waals surface area contributed by atoms with Gasteiger partial charge in [0, 0.05) is 11.7 Å². The molecule has 0 spiro atoms. The summed E-state index contributed by atoms with van der Waals surface area (Å²) in [6.07, 6.45) is 5.44. The number of benzene rings is 2. The zero-order valence-electron chi connectivity index (χ0n) is 19.1. The van der Waals surface area contributed by atoms with Crippen molar-refractivity contribution in [1.29, 1.82) is 0 Å². The van der Waals surface area contributed by atoms with Crippen LogP contribution in [-0.4, -0.2) is 39.6 Å². The predicted molar refractivity (Wildman–Crippen MR) is 129 cm³/mol. The Balaban J connectivity index is 1.49. The molecule has 1 fully saturated rings. The molecule has 174 valence electrons. The molecule has 1 N–H and O–H groups in total. The summed E-state index contributed by atoms with van der Waals surface area (Å²) < 4.78 is 13.3. The molecule has 3 aromatic rings. The van der Waals surface area contributed by atoms with E-state index in [-0.39, 0.29) is 12.0 Å². The number of thioether (sulfide) groups is 1. The molecule has 0 bridgehead atoms. The number of carbonyl (C=O) groups is 1. The molecule has 1 atom stereocenters. The molecule has 1 saturated carbocycles. The lowest BCUT2D eigenvalue weighted by atomic mass is 9.95. The first kappa shape index (κ1) is 23.2. The zero-order valence-corrected chi connectivity index (χ0v) is 19.9. The first-order valence-corrected chi connectivity index (χ1v) is 12.4. The van der Waals surface area contributed by atoms with E-state index in [2.05, 4.69) is 15.5 Å². The topological polar surface area (TPSA) is 78.3 Å². The Kier molecular flexibility index (Phi) is 7.88. The van der Waals surface area contributed by atoms with Gasteiger partial charge >= 0.3 is 0 Å². The number of hydrogen-bond acceptors (Lipinski definition) is 6. The van der Waals surface area contributed by atoms with Gasteiger partial charge < -0.3 is 14.8 Å². The average molecular weight is 467 g/mol. The van der Waals surface area contributed by atoms with E-state index in [1.165, 1.54) is 31.0 Å². The molecular formula is C25H30N4O3S. The molecule has 0 aliphatic heterocycles. The lowest BCUT2D eigenvalue weighted by Crippen LogP contribution is -2.37. The maximum Gasteiger partial charge on any atom is 0.230 e. The Morgan fingerprint density at radius 1 is 1.06 bits per heavy atom. The van der Waals surface area contributed by atoms with Crippen molar-refractivity contribution in [1.82, 2.24) is 20.1 Å². The second-order valence-corrected chi connectivity index (χ2v) is 9.08. The van der Waals surface area contributed by atoms with E-state index >= 15 is 0 Å². The van der Waals surface area contributed by atoms with Crippen molar-refractivity contribution in [3.63, 3.8) is 0 Å². The molecule has 1 aliphatic rings. The molecule has 2 aromatic carbocycles. The van der Waals surface area contributed by atoms with Gasteiger partial charge in [0.15, 0.2) is 17.1 Å². The minimum Gasteiger partial charge on any atom is -0.497 e. The summed E-state index contributed by atoms with van der Waals surface area (Å²) in [5.41, 5.74) is 0.929. The first-order valence-electron chi connectivity index (χ1n) is 11.4. The van der Waals surface area contributed by atoms with Crippen LogP contribution in [0.1, 0.15) is 51.0 Å². The maximum absolute atomic E-state index is 12.5. The number of methoxy groups -OCH3 is 1. The van der Waals surface area contributed by atoms with Gasteiger partial charge in [0.1, 0.15) is 11.5 Å². The van der Waals surface area contributed by atoms with Gasteiger partial charge in [-0.3, -0.25) is 9.36 Å². The quantitative estimate of drug-likeness (QED) is 0.449. The number of para-hydroxylation sites is 1. The van der Waals surface area contributed by atoms with Gasteiger partial charge in [0.05, 0.1) is 12.9 Å².